The third-order valence-electron chi connectivity index (χ3n) is 2.69. The molecule has 1 rings (SSSR count). The number of nitrogens with zero attached hydrogens (tertiary/aromatic N) is 1. The Kier molecular flexibility index (Phi) is 5.53. The molecule has 0 saturated heterocycles. The van der Waals surface area contributed by atoms with E-state index in [1.807, 2.05) is 13.8 Å². The maximum Gasteiger partial charge on any atom is 0.253 e. The van der Waals surface area contributed by atoms with Crippen LogP contribution in [0.5, 0.6) is 0 Å². The average Bonchev–Trinajstić information content (AvgIpc) is 2.36. The van der Waals surface area contributed by atoms with E-state index in [1.165, 1.54) is 6.20 Å². The fraction of sp³-hybridized carbons (Fsp3) is 0.467. The Morgan fingerprint density at radius 1 is 1.53 bits per heavy atom. The Bertz CT molecular complexity index is 498. The first kappa shape index (κ1) is 15.2. The topological polar surface area (TPSA) is 62.2 Å². The van der Waals surface area contributed by atoms with Gasteiger partial charge < -0.3 is 10.4 Å². The summed E-state index contributed by atoms with van der Waals surface area (Å²) in [5, 5.41) is 11.7. The number of amides is 1. The molecule has 102 valence electrons. The minimum Gasteiger partial charge on any atom is -0.384 e. The molecule has 1 amide bonds. The third-order valence-corrected chi connectivity index (χ3v) is 2.69. The molecule has 0 radical (unpaired) electrons. The SMILES string of the molecule is CCCC(C)(C)NC(=O)c1ccncc1C#CCO. The van der Waals surface area contributed by atoms with Crippen molar-refractivity contribution in [2.45, 2.75) is 39.2 Å². The van der Waals surface area contributed by atoms with Crippen molar-refractivity contribution in [3.05, 3.63) is 29.6 Å². The number of rotatable bonds is 4. The number of aliphatic hydroxyl groups is 1. The van der Waals surface area contributed by atoms with Gasteiger partial charge in [0.2, 0.25) is 0 Å². The van der Waals surface area contributed by atoms with Crippen LogP contribution in [0.2, 0.25) is 0 Å². The smallest absolute Gasteiger partial charge is 0.253 e. The van der Waals surface area contributed by atoms with Crippen molar-refractivity contribution < 1.29 is 9.90 Å². The summed E-state index contributed by atoms with van der Waals surface area (Å²) in [5.74, 6) is 5.11. The van der Waals surface area contributed by atoms with Gasteiger partial charge in [0.1, 0.15) is 6.61 Å². The van der Waals surface area contributed by atoms with Gasteiger partial charge in [-0.25, -0.2) is 0 Å². The Morgan fingerprint density at radius 2 is 2.26 bits per heavy atom. The van der Waals surface area contributed by atoms with Crippen molar-refractivity contribution in [3.8, 4) is 11.8 Å². The predicted molar refractivity (Wildman–Crippen MR) is 74.7 cm³/mol. The van der Waals surface area contributed by atoms with Crippen LogP contribution in [0.15, 0.2) is 18.5 Å². The van der Waals surface area contributed by atoms with Crippen LogP contribution in [0.25, 0.3) is 0 Å². The molecule has 1 aromatic rings. The van der Waals surface area contributed by atoms with E-state index in [-0.39, 0.29) is 18.1 Å². The monoisotopic (exact) mass is 260 g/mol. The van der Waals surface area contributed by atoms with Crippen LogP contribution >= 0.6 is 0 Å². The molecule has 0 spiro atoms. The van der Waals surface area contributed by atoms with Crippen LogP contribution in [0.3, 0.4) is 0 Å². The van der Waals surface area contributed by atoms with Crippen LogP contribution < -0.4 is 5.32 Å². The van der Waals surface area contributed by atoms with Gasteiger partial charge in [0.05, 0.1) is 11.1 Å². The lowest BCUT2D eigenvalue weighted by atomic mass is 9.98. The van der Waals surface area contributed by atoms with E-state index >= 15 is 0 Å². The fourth-order valence-electron chi connectivity index (χ4n) is 1.89. The largest absolute Gasteiger partial charge is 0.384 e. The number of carbonyl (C=O) groups excluding carboxylic acids is 1. The normalized spacial score (nSPS) is 10.5. The van der Waals surface area contributed by atoms with Gasteiger partial charge in [0.15, 0.2) is 0 Å². The average molecular weight is 260 g/mol. The maximum absolute atomic E-state index is 12.2. The Balaban J connectivity index is 2.94. The van der Waals surface area contributed by atoms with E-state index in [0.717, 1.165) is 12.8 Å². The summed E-state index contributed by atoms with van der Waals surface area (Å²) >= 11 is 0. The Hall–Kier alpha value is -1.86. The molecule has 0 unspecified atom stereocenters. The molecule has 0 aliphatic heterocycles. The van der Waals surface area contributed by atoms with E-state index in [1.54, 1.807) is 12.3 Å². The van der Waals surface area contributed by atoms with Gasteiger partial charge in [-0.1, -0.05) is 25.2 Å². The highest BCUT2D eigenvalue weighted by Crippen LogP contribution is 2.13. The molecule has 19 heavy (non-hydrogen) atoms. The van der Waals surface area contributed by atoms with Gasteiger partial charge in [-0.15, -0.1) is 0 Å². The number of hydrogen-bond donors (Lipinski definition) is 2. The van der Waals surface area contributed by atoms with E-state index in [9.17, 15) is 4.79 Å². The van der Waals surface area contributed by atoms with Gasteiger partial charge in [0, 0.05) is 17.9 Å². The predicted octanol–water partition coefficient (Wildman–Crippen LogP) is 1.73. The van der Waals surface area contributed by atoms with E-state index < -0.39 is 0 Å². The molecule has 4 nitrogen and oxygen atoms in total. The second kappa shape index (κ2) is 6.91. The van der Waals surface area contributed by atoms with E-state index in [2.05, 4.69) is 29.1 Å². The lowest BCUT2D eigenvalue weighted by molar-refractivity contribution is 0.0908. The van der Waals surface area contributed by atoms with Crippen LogP contribution in [0.4, 0.5) is 0 Å². The minimum absolute atomic E-state index is 0.164. The summed E-state index contributed by atoms with van der Waals surface area (Å²) in [5.41, 5.74) is 0.762. The van der Waals surface area contributed by atoms with Crippen molar-refractivity contribution in [2.75, 3.05) is 6.61 Å². The Labute approximate surface area is 114 Å². The molecule has 2 N–H and O–H groups in total. The van der Waals surface area contributed by atoms with Gasteiger partial charge >= 0.3 is 0 Å². The molecule has 0 atom stereocenters. The van der Waals surface area contributed by atoms with Crippen LogP contribution in [0.1, 0.15) is 49.5 Å². The Morgan fingerprint density at radius 3 is 2.89 bits per heavy atom. The third kappa shape index (κ3) is 4.72. The molecule has 0 aliphatic rings. The highest BCUT2D eigenvalue weighted by atomic mass is 16.2. The molecule has 0 fully saturated rings. The van der Waals surface area contributed by atoms with Gasteiger partial charge in [-0.05, 0) is 26.3 Å². The first-order valence-electron chi connectivity index (χ1n) is 6.36. The zero-order valence-electron chi connectivity index (χ0n) is 11.7. The highest BCUT2D eigenvalue weighted by Gasteiger charge is 2.21. The van der Waals surface area contributed by atoms with Crippen LogP contribution in [-0.2, 0) is 0 Å². The first-order valence-corrected chi connectivity index (χ1v) is 6.36. The number of pyridine rings is 1. The van der Waals surface area contributed by atoms with Gasteiger partial charge in [0.25, 0.3) is 5.91 Å². The van der Waals surface area contributed by atoms with E-state index in [4.69, 9.17) is 5.11 Å². The molecule has 1 heterocycles. The summed E-state index contributed by atoms with van der Waals surface area (Å²) in [4.78, 5) is 16.2. The van der Waals surface area contributed by atoms with Crippen LogP contribution in [0, 0.1) is 11.8 Å². The zero-order valence-corrected chi connectivity index (χ0v) is 11.7. The molecule has 4 heteroatoms. The summed E-state index contributed by atoms with van der Waals surface area (Å²) in [6, 6.07) is 1.64. The molecule has 0 aromatic carbocycles. The van der Waals surface area contributed by atoms with Crippen molar-refractivity contribution in [3.63, 3.8) is 0 Å². The van der Waals surface area contributed by atoms with Crippen LogP contribution in [-0.4, -0.2) is 28.1 Å². The van der Waals surface area contributed by atoms with Gasteiger partial charge in [-0.2, -0.15) is 0 Å². The molecule has 0 saturated carbocycles. The second-order valence-electron chi connectivity index (χ2n) is 4.97. The van der Waals surface area contributed by atoms with Crippen molar-refractivity contribution >= 4 is 5.91 Å². The molecular formula is C15H20N2O2. The maximum atomic E-state index is 12.2. The van der Waals surface area contributed by atoms with Crippen molar-refractivity contribution in [2.24, 2.45) is 0 Å². The summed E-state index contributed by atoms with van der Waals surface area (Å²) < 4.78 is 0. The number of hydrogen-bond acceptors (Lipinski definition) is 3. The number of aromatic nitrogens is 1. The van der Waals surface area contributed by atoms with Gasteiger partial charge in [-0.3, -0.25) is 9.78 Å². The zero-order chi connectivity index (χ0) is 14.3. The first-order chi connectivity index (χ1) is 9.00. The van der Waals surface area contributed by atoms with E-state index in [0.29, 0.717) is 11.1 Å². The molecule has 0 aliphatic carbocycles. The molecular weight excluding hydrogens is 240 g/mol. The summed E-state index contributed by atoms with van der Waals surface area (Å²) in [6.07, 6.45) is 5.00. The minimum atomic E-state index is -0.253. The standard InChI is InChI=1S/C15H20N2O2/c1-4-8-15(2,3)17-14(19)13-7-9-16-11-12(13)6-5-10-18/h7,9,11,18H,4,8,10H2,1-3H3,(H,17,19). The van der Waals surface area contributed by atoms with Crippen molar-refractivity contribution in [1.82, 2.24) is 10.3 Å². The summed E-state index contributed by atoms with van der Waals surface area (Å²) in [7, 11) is 0. The molecule has 0 bridgehead atoms. The summed E-state index contributed by atoms with van der Waals surface area (Å²) in [6.45, 7) is 5.83. The quantitative estimate of drug-likeness (QED) is 0.810. The number of carbonyl (C=O) groups is 1. The second-order valence-corrected chi connectivity index (χ2v) is 4.97. The fourth-order valence-corrected chi connectivity index (χ4v) is 1.89. The lowest BCUT2D eigenvalue weighted by Crippen LogP contribution is -2.43. The van der Waals surface area contributed by atoms with Crippen molar-refractivity contribution in [1.29, 1.82) is 0 Å². The number of aliphatic hydroxyl groups excluding tert-OH is 1. The highest BCUT2D eigenvalue weighted by molar-refractivity contribution is 5.97. The molecule has 1 aromatic heterocycles. The lowest BCUT2D eigenvalue weighted by Gasteiger charge is -2.26. The number of nitrogens with one attached hydrogen (secondary N) is 1.